The number of hydrogen-bond donors (Lipinski definition) is 1. The molecule has 2 aromatic carbocycles. The molecule has 0 bridgehead atoms. The highest BCUT2D eigenvalue weighted by Gasteiger charge is 2.12. The zero-order chi connectivity index (χ0) is 13.8. The Hall–Kier alpha value is -1.38. The van der Waals surface area contributed by atoms with Crippen molar-refractivity contribution in [2.45, 2.75) is 19.4 Å². The predicted octanol–water partition coefficient (Wildman–Crippen LogP) is 4.29. The van der Waals surface area contributed by atoms with Crippen LogP contribution in [-0.2, 0) is 6.42 Å². The van der Waals surface area contributed by atoms with E-state index in [4.69, 9.17) is 11.6 Å². The van der Waals surface area contributed by atoms with Gasteiger partial charge < -0.3 is 5.32 Å². The first-order chi connectivity index (χ1) is 9.10. The van der Waals surface area contributed by atoms with Gasteiger partial charge >= 0.3 is 0 Å². The largest absolute Gasteiger partial charge is 0.313 e. The molecule has 1 atom stereocenters. The van der Waals surface area contributed by atoms with E-state index in [1.54, 1.807) is 12.1 Å². The van der Waals surface area contributed by atoms with Crippen LogP contribution in [0.2, 0.25) is 5.02 Å². The van der Waals surface area contributed by atoms with E-state index in [0.29, 0.717) is 0 Å². The molecule has 2 aromatic rings. The number of aryl methyl sites for hydroxylation is 1. The highest BCUT2D eigenvalue weighted by Crippen LogP contribution is 2.24. The van der Waals surface area contributed by atoms with E-state index in [-0.39, 0.29) is 11.9 Å². The Morgan fingerprint density at radius 2 is 1.84 bits per heavy atom. The summed E-state index contributed by atoms with van der Waals surface area (Å²) >= 11 is 6.26. The smallest absolute Gasteiger partial charge is 0.123 e. The van der Waals surface area contributed by atoms with Crippen molar-refractivity contribution in [3.05, 3.63) is 70.0 Å². The molecule has 0 radical (unpaired) electrons. The van der Waals surface area contributed by atoms with Crippen LogP contribution in [0, 0.1) is 12.7 Å². The monoisotopic (exact) mass is 277 g/mol. The van der Waals surface area contributed by atoms with Gasteiger partial charge in [-0.05, 0) is 55.3 Å². The molecule has 1 nitrogen and oxygen atoms in total. The second-order valence-electron chi connectivity index (χ2n) is 4.69. The highest BCUT2D eigenvalue weighted by atomic mass is 35.5. The van der Waals surface area contributed by atoms with Crippen molar-refractivity contribution in [1.82, 2.24) is 5.32 Å². The summed E-state index contributed by atoms with van der Waals surface area (Å²) in [7, 11) is 1.90. The standard InChI is InChI=1S/C16H17ClFN/c1-11-3-4-13(15(17)9-11)10-16(19-2)12-5-7-14(18)8-6-12/h3-9,16,19H,10H2,1-2H3. The Morgan fingerprint density at radius 1 is 1.16 bits per heavy atom. The molecular formula is C16H17ClFN. The van der Waals surface area contributed by atoms with Gasteiger partial charge in [0.25, 0.3) is 0 Å². The first-order valence-corrected chi connectivity index (χ1v) is 6.65. The number of hydrogen-bond acceptors (Lipinski definition) is 1. The topological polar surface area (TPSA) is 12.0 Å². The molecule has 1 unspecified atom stereocenters. The molecule has 0 fully saturated rings. The average molecular weight is 278 g/mol. The van der Waals surface area contributed by atoms with Gasteiger partial charge in [0.15, 0.2) is 0 Å². The lowest BCUT2D eigenvalue weighted by atomic mass is 9.98. The fraction of sp³-hybridized carbons (Fsp3) is 0.250. The number of benzene rings is 2. The summed E-state index contributed by atoms with van der Waals surface area (Å²) in [6.07, 6.45) is 0.779. The Labute approximate surface area is 118 Å². The van der Waals surface area contributed by atoms with Crippen LogP contribution in [0.4, 0.5) is 4.39 Å². The van der Waals surface area contributed by atoms with Crippen molar-refractivity contribution in [3.8, 4) is 0 Å². The molecule has 3 heteroatoms. The van der Waals surface area contributed by atoms with Gasteiger partial charge in [0.1, 0.15) is 5.82 Å². The number of nitrogens with one attached hydrogen (secondary N) is 1. The highest BCUT2D eigenvalue weighted by molar-refractivity contribution is 6.31. The van der Waals surface area contributed by atoms with Crippen molar-refractivity contribution in [2.24, 2.45) is 0 Å². The van der Waals surface area contributed by atoms with Crippen molar-refractivity contribution in [3.63, 3.8) is 0 Å². The van der Waals surface area contributed by atoms with E-state index in [2.05, 4.69) is 11.4 Å². The maximum atomic E-state index is 12.9. The lowest BCUT2D eigenvalue weighted by molar-refractivity contribution is 0.586. The van der Waals surface area contributed by atoms with Crippen LogP contribution in [-0.4, -0.2) is 7.05 Å². The van der Waals surface area contributed by atoms with Crippen LogP contribution >= 0.6 is 11.6 Å². The van der Waals surface area contributed by atoms with E-state index < -0.39 is 0 Å². The van der Waals surface area contributed by atoms with Gasteiger partial charge in [-0.2, -0.15) is 0 Å². The lowest BCUT2D eigenvalue weighted by Crippen LogP contribution is -2.19. The Kier molecular flexibility index (Phi) is 4.56. The summed E-state index contributed by atoms with van der Waals surface area (Å²) in [5.74, 6) is -0.216. The molecule has 0 amide bonds. The molecular weight excluding hydrogens is 261 g/mol. The third kappa shape index (κ3) is 3.55. The fourth-order valence-electron chi connectivity index (χ4n) is 2.12. The van der Waals surface area contributed by atoms with Gasteiger partial charge in [-0.3, -0.25) is 0 Å². The molecule has 0 aliphatic heterocycles. The van der Waals surface area contributed by atoms with Crippen molar-refractivity contribution >= 4 is 11.6 Å². The van der Waals surface area contributed by atoms with E-state index in [1.165, 1.54) is 12.1 Å². The van der Waals surface area contributed by atoms with E-state index in [0.717, 1.165) is 28.1 Å². The normalized spacial score (nSPS) is 12.4. The van der Waals surface area contributed by atoms with E-state index in [1.807, 2.05) is 26.1 Å². The Balaban J connectivity index is 2.21. The summed E-state index contributed by atoms with van der Waals surface area (Å²) in [6.45, 7) is 2.02. The number of rotatable bonds is 4. The molecule has 0 saturated heterocycles. The molecule has 0 spiro atoms. The molecule has 0 aliphatic rings. The molecule has 0 heterocycles. The fourth-order valence-corrected chi connectivity index (χ4v) is 2.43. The van der Waals surface area contributed by atoms with Crippen LogP contribution in [0.1, 0.15) is 22.7 Å². The van der Waals surface area contributed by atoms with Crippen molar-refractivity contribution in [1.29, 1.82) is 0 Å². The first kappa shape index (κ1) is 14.0. The molecule has 0 aliphatic carbocycles. The van der Waals surface area contributed by atoms with Crippen LogP contribution < -0.4 is 5.32 Å². The summed E-state index contributed by atoms with van der Waals surface area (Å²) in [5.41, 5.74) is 3.30. The summed E-state index contributed by atoms with van der Waals surface area (Å²) < 4.78 is 12.9. The number of likely N-dealkylation sites (N-methyl/N-ethyl adjacent to an activating group) is 1. The minimum absolute atomic E-state index is 0.126. The molecule has 0 aromatic heterocycles. The van der Waals surface area contributed by atoms with Crippen LogP contribution in [0.25, 0.3) is 0 Å². The first-order valence-electron chi connectivity index (χ1n) is 6.28. The second-order valence-corrected chi connectivity index (χ2v) is 5.10. The maximum Gasteiger partial charge on any atom is 0.123 e. The molecule has 2 rings (SSSR count). The van der Waals surface area contributed by atoms with Gasteiger partial charge in [0, 0.05) is 11.1 Å². The van der Waals surface area contributed by atoms with Crippen molar-refractivity contribution in [2.75, 3.05) is 7.05 Å². The van der Waals surface area contributed by atoms with Gasteiger partial charge in [-0.25, -0.2) is 4.39 Å². The SMILES string of the molecule is CNC(Cc1ccc(C)cc1Cl)c1ccc(F)cc1. The van der Waals surface area contributed by atoms with Gasteiger partial charge in [0.05, 0.1) is 0 Å². The van der Waals surface area contributed by atoms with Gasteiger partial charge in [-0.1, -0.05) is 35.9 Å². The molecule has 19 heavy (non-hydrogen) atoms. The Morgan fingerprint density at radius 3 is 2.42 bits per heavy atom. The van der Waals surface area contributed by atoms with E-state index >= 15 is 0 Å². The minimum Gasteiger partial charge on any atom is -0.313 e. The predicted molar refractivity (Wildman–Crippen MR) is 78.1 cm³/mol. The number of halogens is 2. The van der Waals surface area contributed by atoms with Gasteiger partial charge in [0.2, 0.25) is 0 Å². The minimum atomic E-state index is -0.216. The zero-order valence-corrected chi connectivity index (χ0v) is 11.8. The molecule has 100 valence electrons. The van der Waals surface area contributed by atoms with Crippen LogP contribution in [0.5, 0.6) is 0 Å². The maximum absolute atomic E-state index is 12.9. The van der Waals surface area contributed by atoms with Gasteiger partial charge in [-0.15, -0.1) is 0 Å². The van der Waals surface area contributed by atoms with Crippen LogP contribution in [0.3, 0.4) is 0 Å². The lowest BCUT2D eigenvalue weighted by Gasteiger charge is -2.17. The van der Waals surface area contributed by atoms with E-state index in [9.17, 15) is 4.39 Å². The summed E-state index contributed by atoms with van der Waals surface area (Å²) in [6, 6.07) is 12.8. The quantitative estimate of drug-likeness (QED) is 0.879. The molecule has 0 saturated carbocycles. The Bertz CT molecular complexity index is 551. The zero-order valence-electron chi connectivity index (χ0n) is 11.1. The average Bonchev–Trinajstić information content (AvgIpc) is 2.39. The second kappa shape index (κ2) is 6.18. The summed E-state index contributed by atoms with van der Waals surface area (Å²) in [4.78, 5) is 0. The summed E-state index contributed by atoms with van der Waals surface area (Å²) in [5, 5.41) is 4.03. The third-order valence-electron chi connectivity index (χ3n) is 3.25. The molecule has 1 N–H and O–H groups in total. The van der Waals surface area contributed by atoms with Crippen molar-refractivity contribution < 1.29 is 4.39 Å². The third-order valence-corrected chi connectivity index (χ3v) is 3.61. The van der Waals surface area contributed by atoms with Crippen LogP contribution in [0.15, 0.2) is 42.5 Å².